The Morgan fingerprint density at radius 1 is 0.941 bits per heavy atom. The SMILES string of the molecule is CCOC(=O)C(OCCCCCC=Cc1ccc(F)c(F)c1)C(O)(C(=O)OCC)C(=O)OCC. The number of ether oxygens (including phenoxy) is 4. The lowest BCUT2D eigenvalue weighted by molar-refractivity contribution is -0.208. The maximum atomic E-state index is 13.2. The second-order valence-electron chi connectivity index (χ2n) is 7.14. The van der Waals surface area contributed by atoms with Crippen LogP contribution in [0.5, 0.6) is 0 Å². The predicted molar refractivity (Wildman–Crippen MR) is 118 cm³/mol. The highest BCUT2D eigenvalue weighted by atomic mass is 19.2. The van der Waals surface area contributed by atoms with Crippen LogP contribution in [-0.4, -0.2) is 61.1 Å². The van der Waals surface area contributed by atoms with Crippen LogP contribution >= 0.6 is 0 Å². The summed E-state index contributed by atoms with van der Waals surface area (Å²) in [5.74, 6) is -5.65. The molecule has 0 radical (unpaired) electrons. The summed E-state index contributed by atoms with van der Waals surface area (Å²) in [7, 11) is 0. The molecule has 0 saturated heterocycles. The summed E-state index contributed by atoms with van der Waals surface area (Å²) in [6.45, 7) is 4.07. The van der Waals surface area contributed by atoms with Crippen molar-refractivity contribution < 1.29 is 47.2 Å². The molecule has 1 atom stereocenters. The molecule has 0 bridgehead atoms. The number of benzene rings is 1. The van der Waals surface area contributed by atoms with Crippen molar-refractivity contribution in [3.63, 3.8) is 0 Å². The molecule has 1 rings (SSSR count). The third kappa shape index (κ3) is 8.49. The minimum Gasteiger partial charge on any atom is -0.464 e. The number of rotatable bonds is 15. The zero-order valence-electron chi connectivity index (χ0n) is 19.7. The van der Waals surface area contributed by atoms with Gasteiger partial charge in [-0.1, -0.05) is 24.6 Å². The molecule has 0 spiro atoms. The molecule has 0 heterocycles. The number of carbonyl (C=O) groups is 3. The molecule has 8 nitrogen and oxygen atoms in total. The Morgan fingerprint density at radius 2 is 1.56 bits per heavy atom. The fourth-order valence-electron chi connectivity index (χ4n) is 2.93. The van der Waals surface area contributed by atoms with Crippen LogP contribution in [0.25, 0.3) is 6.08 Å². The summed E-state index contributed by atoms with van der Waals surface area (Å²) < 4.78 is 46.0. The van der Waals surface area contributed by atoms with Crippen molar-refractivity contribution in [2.24, 2.45) is 0 Å². The van der Waals surface area contributed by atoms with Crippen LogP contribution in [-0.2, 0) is 33.3 Å². The van der Waals surface area contributed by atoms with Crippen LogP contribution in [0.15, 0.2) is 24.3 Å². The second-order valence-corrected chi connectivity index (χ2v) is 7.14. The number of carbonyl (C=O) groups excluding carboxylic acids is 3. The van der Waals surface area contributed by atoms with Crippen molar-refractivity contribution in [2.75, 3.05) is 26.4 Å². The molecule has 190 valence electrons. The third-order valence-electron chi connectivity index (χ3n) is 4.61. The summed E-state index contributed by atoms with van der Waals surface area (Å²) in [6.07, 6.45) is 3.98. The number of hydrogen-bond donors (Lipinski definition) is 1. The molecular formula is C24H32F2O8. The molecule has 0 fully saturated rings. The first-order valence-electron chi connectivity index (χ1n) is 11.2. The van der Waals surface area contributed by atoms with Gasteiger partial charge in [0.05, 0.1) is 19.8 Å². The molecule has 0 amide bonds. The monoisotopic (exact) mass is 486 g/mol. The zero-order valence-corrected chi connectivity index (χ0v) is 19.7. The highest BCUT2D eigenvalue weighted by molar-refractivity contribution is 6.08. The lowest BCUT2D eigenvalue weighted by Crippen LogP contribution is -2.61. The van der Waals surface area contributed by atoms with Gasteiger partial charge < -0.3 is 24.1 Å². The van der Waals surface area contributed by atoms with Crippen LogP contribution in [0, 0.1) is 11.6 Å². The smallest absolute Gasteiger partial charge is 0.353 e. The number of esters is 3. The highest BCUT2D eigenvalue weighted by Gasteiger charge is 2.58. The van der Waals surface area contributed by atoms with Gasteiger partial charge in [0, 0.05) is 6.61 Å². The van der Waals surface area contributed by atoms with Crippen molar-refractivity contribution in [2.45, 2.75) is 58.2 Å². The molecule has 0 aromatic heterocycles. The molecule has 1 N–H and O–H groups in total. The van der Waals surface area contributed by atoms with Gasteiger partial charge in [-0.05, 0) is 57.7 Å². The first-order valence-corrected chi connectivity index (χ1v) is 11.2. The summed E-state index contributed by atoms with van der Waals surface area (Å²) in [5, 5.41) is 10.9. The topological polar surface area (TPSA) is 108 Å². The molecule has 1 unspecified atom stereocenters. The largest absolute Gasteiger partial charge is 0.464 e. The van der Waals surface area contributed by atoms with Gasteiger partial charge in [0.25, 0.3) is 5.60 Å². The standard InChI is InChI=1S/C24H32F2O8/c1-4-31-21(27)20(24(30,22(28)32-5-2)23(29)33-6-3)34-15-11-9-7-8-10-12-17-13-14-18(25)19(26)16-17/h10,12-14,16,20,30H,4-9,11,15H2,1-3H3. The fourth-order valence-corrected chi connectivity index (χ4v) is 2.93. The van der Waals surface area contributed by atoms with E-state index in [0.717, 1.165) is 12.1 Å². The van der Waals surface area contributed by atoms with Gasteiger partial charge in [-0.3, -0.25) is 0 Å². The number of halogens is 2. The minimum atomic E-state index is -3.01. The molecule has 1 aromatic rings. The highest BCUT2D eigenvalue weighted by Crippen LogP contribution is 2.22. The predicted octanol–water partition coefficient (Wildman–Crippen LogP) is 3.34. The van der Waals surface area contributed by atoms with E-state index < -0.39 is 41.2 Å². The molecule has 34 heavy (non-hydrogen) atoms. The molecule has 1 aromatic carbocycles. The van der Waals surface area contributed by atoms with Crippen LogP contribution in [0.3, 0.4) is 0 Å². The fraction of sp³-hybridized carbons (Fsp3) is 0.542. The molecule has 0 aliphatic rings. The van der Waals surface area contributed by atoms with Gasteiger partial charge in [-0.2, -0.15) is 0 Å². The average Bonchev–Trinajstić information content (AvgIpc) is 2.80. The van der Waals surface area contributed by atoms with Crippen molar-refractivity contribution in [1.29, 1.82) is 0 Å². The normalized spacial score (nSPS) is 12.4. The van der Waals surface area contributed by atoms with E-state index in [1.807, 2.05) is 6.08 Å². The van der Waals surface area contributed by atoms with Gasteiger partial charge in [-0.25, -0.2) is 23.2 Å². The summed E-state index contributed by atoms with van der Waals surface area (Å²) in [6, 6.07) is 3.62. The number of aliphatic hydroxyl groups is 1. The number of hydrogen-bond acceptors (Lipinski definition) is 8. The number of unbranched alkanes of at least 4 members (excludes halogenated alkanes) is 3. The Kier molecular flexibility index (Phi) is 13.0. The van der Waals surface area contributed by atoms with E-state index in [1.165, 1.54) is 26.8 Å². The third-order valence-corrected chi connectivity index (χ3v) is 4.61. The van der Waals surface area contributed by atoms with E-state index in [2.05, 4.69) is 0 Å². The van der Waals surface area contributed by atoms with Gasteiger partial charge in [0.1, 0.15) is 0 Å². The molecule has 10 heteroatoms. The lowest BCUT2D eigenvalue weighted by atomic mass is 9.96. The Balaban J connectivity index is 2.68. The summed E-state index contributed by atoms with van der Waals surface area (Å²) in [4.78, 5) is 37.2. The summed E-state index contributed by atoms with van der Waals surface area (Å²) in [5.41, 5.74) is -2.47. The van der Waals surface area contributed by atoms with E-state index in [1.54, 1.807) is 6.08 Å². The van der Waals surface area contributed by atoms with E-state index in [9.17, 15) is 28.3 Å². The average molecular weight is 487 g/mol. The lowest BCUT2D eigenvalue weighted by Gasteiger charge is -2.30. The first kappa shape index (κ1) is 29.2. The minimum absolute atomic E-state index is 0.0580. The Morgan fingerprint density at radius 3 is 2.12 bits per heavy atom. The van der Waals surface area contributed by atoms with Crippen molar-refractivity contribution >= 4 is 24.0 Å². The van der Waals surface area contributed by atoms with E-state index in [0.29, 0.717) is 31.2 Å². The number of allylic oxidation sites excluding steroid dienone is 1. The Labute approximate surface area is 197 Å². The Bertz CT molecular complexity index is 822. The van der Waals surface area contributed by atoms with Crippen LogP contribution in [0.2, 0.25) is 0 Å². The van der Waals surface area contributed by atoms with Crippen LogP contribution < -0.4 is 0 Å². The maximum absolute atomic E-state index is 13.2. The molecule has 0 aliphatic heterocycles. The molecular weight excluding hydrogens is 454 g/mol. The summed E-state index contributed by atoms with van der Waals surface area (Å²) >= 11 is 0. The van der Waals surface area contributed by atoms with Crippen LogP contribution in [0.4, 0.5) is 8.78 Å². The van der Waals surface area contributed by atoms with Crippen LogP contribution in [0.1, 0.15) is 52.0 Å². The Hall–Kier alpha value is -2.85. The van der Waals surface area contributed by atoms with Gasteiger partial charge in [0.15, 0.2) is 11.6 Å². The second kappa shape index (κ2) is 15.1. The zero-order chi connectivity index (χ0) is 25.6. The van der Waals surface area contributed by atoms with Crippen molar-refractivity contribution in [3.8, 4) is 0 Å². The quantitative estimate of drug-likeness (QED) is 0.174. The van der Waals surface area contributed by atoms with Crippen molar-refractivity contribution in [3.05, 3.63) is 41.5 Å². The van der Waals surface area contributed by atoms with E-state index in [-0.39, 0.29) is 26.4 Å². The van der Waals surface area contributed by atoms with Gasteiger partial charge >= 0.3 is 17.9 Å². The molecule has 0 saturated carbocycles. The molecule has 0 aliphatic carbocycles. The van der Waals surface area contributed by atoms with E-state index >= 15 is 0 Å². The van der Waals surface area contributed by atoms with Crippen molar-refractivity contribution in [1.82, 2.24) is 0 Å². The van der Waals surface area contributed by atoms with E-state index in [4.69, 9.17) is 18.9 Å². The van der Waals surface area contributed by atoms with Gasteiger partial charge in [-0.15, -0.1) is 0 Å². The first-order chi connectivity index (χ1) is 16.2. The maximum Gasteiger partial charge on any atom is 0.353 e. The van der Waals surface area contributed by atoms with Gasteiger partial charge in [0.2, 0.25) is 6.10 Å².